The minimum Gasteiger partial charge on any atom is -0.378 e. The van der Waals surface area contributed by atoms with Crippen molar-refractivity contribution in [2.45, 2.75) is 51.2 Å². The first-order valence-corrected chi connectivity index (χ1v) is 13.7. The molecule has 1 atom stereocenters. The number of carbonyl (C=O) groups is 3. The van der Waals surface area contributed by atoms with Crippen molar-refractivity contribution in [2.75, 3.05) is 44.7 Å². The Kier molecular flexibility index (Phi) is 8.26. The number of pyridine rings is 1. The Labute approximate surface area is 228 Å². The average Bonchev–Trinajstić information content (AvgIpc) is 3.33. The number of morpholine rings is 1. The molecule has 0 aliphatic carbocycles. The van der Waals surface area contributed by atoms with Gasteiger partial charge in [-0.3, -0.25) is 19.3 Å². The molecule has 38 heavy (non-hydrogen) atoms. The molecule has 10 heteroatoms. The number of nitrogens with zero attached hydrogens (tertiary/aromatic N) is 4. The van der Waals surface area contributed by atoms with E-state index in [1.165, 1.54) is 11.8 Å². The highest BCUT2D eigenvalue weighted by Gasteiger charge is 2.41. The van der Waals surface area contributed by atoms with Gasteiger partial charge in [-0.15, -0.1) is 0 Å². The number of hydrogen-bond donors (Lipinski definition) is 1. The van der Waals surface area contributed by atoms with Crippen molar-refractivity contribution >= 4 is 35.1 Å². The van der Waals surface area contributed by atoms with Gasteiger partial charge in [0, 0.05) is 62.0 Å². The van der Waals surface area contributed by atoms with Gasteiger partial charge in [0.2, 0.25) is 11.8 Å². The first kappa shape index (κ1) is 26.6. The minimum absolute atomic E-state index is 0.0288. The number of ether oxygens (including phenoxy) is 1. The second-order valence-electron chi connectivity index (χ2n) is 10.3. The van der Waals surface area contributed by atoms with E-state index in [-0.39, 0.29) is 23.8 Å². The van der Waals surface area contributed by atoms with Crippen LogP contribution in [0.25, 0.3) is 0 Å². The quantitative estimate of drug-likeness (QED) is 0.606. The predicted molar refractivity (Wildman–Crippen MR) is 144 cm³/mol. The highest BCUT2D eigenvalue weighted by molar-refractivity contribution is 6.31. The van der Waals surface area contributed by atoms with Crippen molar-refractivity contribution in [3.05, 3.63) is 58.2 Å². The van der Waals surface area contributed by atoms with Crippen LogP contribution in [0.2, 0.25) is 5.02 Å². The lowest BCUT2D eigenvalue weighted by Crippen LogP contribution is -2.51. The third kappa shape index (κ3) is 6.00. The maximum atomic E-state index is 13.3. The van der Waals surface area contributed by atoms with Gasteiger partial charge in [-0.2, -0.15) is 0 Å². The van der Waals surface area contributed by atoms with E-state index < -0.39 is 6.04 Å². The van der Waals surface area contributed by atoms with Crippen LogP contribution in [0.1, 0.15) is 47.2 Å². The molecule has 3 fully saturated rings. The number of nitrogens with one attached hydrogen (secondary N) is 1. The van der Waals surface area contributed by atoms with E-state index in [9.17, 15) is 14.4 Å². The van der Waals surface area contributed by atoms with E-state index >= 15 is 0 Å². The lowest BCUT2D eigenvalue weighted by molar-refractivity contribution is -0.136. The van der Waals surface area contributed by atoms with Crippen LogP contribution >= 0.6 is 11.6 Å². The zero-order chi connectivity index (χ0) is 26.6. The van der Waals surface area contributed by atoms with Crippen LogP contribution in [0.5, 0.6) is 0 Å². The number of anilines is 1. The molecule has 1 aromatic heterocycles. The molecule has 0 radical (unpaired) electrons. The summed E-state index contributed by atoms with van der Waals surface area (Å²) in [5, 5.41) is 3.64. The van der Waals surface area contributed by atoms with Crippen LogP contribution in [0.3, 0.4) is 0 Å². The monoisotopic (exact) mass is 539 g/mol. The van der Waals surface area contributed by atoms with Gasteiger partial charge >= 0.3 is 0 Å². The second kappa shape index (κ2) is 11.8. The summed E-state index contributed by atoms with van der Waals surface area (Å²) in [7, 11) is 0. The van der Waals surface area contributed by atoms with Crippen molar-refractivity contribution in [3.8, 4) is 0 Å². The van der Waals surface area contributed by atoms with Crippen LogP contribution in [0.15, 0.2) is 36.5 Å². The van der Waals surface area contributed by atoms with Gasteiger partial charge in [-0.25, -0.2) is 4.98 Å². The molecule has 2 aromatic rings. The highest BCUT2D eigenvalue weighted by Crippen LogP contribution is 2.29. The third-order valence-corrected chi connectivity index (χ3v) is 8.12. The smallest absolute Gasteiger partial charge is 0.254 e. The van der Waals surface area contributed by atoms with E-state index in [1.54, 1.807) is 21.9 Å². The van der Waals surface area contributed by atoms with Gasteiger partial charge in [0.15, 0.2) is 0 Å². The number of hydrogen-bond acceptors (Lipinski definition) is 6. The summed E-state index contributed by atoms with van der Waals surface area (Å²) < 4.78 is 5.33. The summed E-state index contributed by atoms with van der Waals surface area (Å²) in [5.41, 5.74) is 2.77. The lowest BCUT2D eigenvalue weighted by Gasteiger charge is -2.39. The first-order valence-electron chi connectivity index (χ1n) is 13.3. The average molecular weight is 540 g/mol. The zero-order valence-corrected chi connectivity index (χ0v) is 22.5. The van der Waals surface area contributed by atoms with Gasteiger partial charge in [0.1, 0.15) is 11.9 Å². The molecule has 1 N–H and O–H groups in total. The number of aromatic nitrogens is 1. The molecule has 0 spiro atoms. The summed E-state index contributed by atoms with van der Waals surface area (Å²) in [5.74, 6) is -0.00889. The highest BCUT2D eigenvalue weighted by atomic mass is 35.5. The lowest BCUT2D eigenvalue weighted by atomic mass is 10.0. The van der Waals surface area contributed by atoms with E-state index in [4.69, 9.17) is 16.3 Å². The normalized spacial score (nSPS) is 21.1. The molecule has 0 saturated carbocycles. The Hall–Kier alpha value is -3.01. The largest absolute Gasteiger partial charge is 0.378 e. The van der Waals surface area contributed by atoms with Gasteiger partial charge in [0.05, 0.1) is 13.2 Å². The van der Waals surface area contributed by atoms with E-state index in [1.807, 2.05) is 13.0 Å². The number of benzene rings is 1. The fourth-order valence-corrected chi connectivity index (χ4v) is 5.74. The molecular formula is C28H34ClN5O4. The number of rotatable bonds is 6. The Balaban J connectivity index is 1.19. The van der Waals surface area contributed by atoms with E-state index in [0.717, 1.165) is 43.1 Å². The summed E-state index contributed by atoms with van der Waals surface area (Å²) in [4.78, 5) is 49.1. The third-order valence-electron chi connectivity index (χ3n) is 7.69. The number of halogens is 1. The molecule has 4 heterocycles. The van der Waals surface area contributed by atoms with Crippen LogP contribution in [0.4, 0.5) is 5.82 Å². The van der Waals surface area contributed by atoms with E-state index in [2.05, 4.69) is 27.3 Å². The summed E-state index contributed by atoms with van der Waals surface area (Å²) >= 11 is 6.16. The fourth-order valence-electron chi connectivity index (χ4n) is 5.63. The molecular weight excluding hydrogens is 506 g/mol. The second-order valence-corrected chi connectivity index (χ2v) is 10.7. The van der Waals surface area contributed by atoms with Gasteiger partial charge < -0.3 is 19.9 Å². The Morgan fingerprint density at radius 3 is 2.58 bits per heavy atom. The number of aryl methyl sites for hydroxylation is 1. The van der Waals surface area contributed by atoms with E-state index in [0.29, 0.717) is 50.5 Å². The van der Waals surface area contributed by atoms with Crippen molar-refractivity contribution in [1.29, 1.82) is 0 Å². The fraction of sp³-hybridized carbons (Fsp3) is 0.500. The van der Waals surface area contributed by atoms with Crippen LogP contribution in [-0.4, -0.2) is 88.9 Å². The molecule has 3 aliphatic heterocycles. The first-order chi connectivity index (χ1) is 18.4. The molecule has 1 aromatic carbocycles. The van der Waals surface area contributed by atoms with Crippen molar-refractivity contribution in [2.24, 2.45) is 0 Å². The molecule has 202 valence electrons. The Bertz CT molecular complexity index is 1190. The maximum Gasteiger partial charge on any atom is 0.254 e. The van der Waals surface area contributed by atoms with Gasteiger partial charge in [-0.1, -0.05) is 23.7 Å². The standard InChI is InChI=1S/C28H34ClN5O4/c1-19-16-20(2-3-23(19)29)18-32-10-7-22(8-11-32)34-24(4-5-26(34)35)27(36)31-25-17-21(6-9-30-25)28(37)33-12-14-38-15-13-33/h2-3,6,9,16-17,22,24H,4-5,7-8,10-15,18H2,1H3,(H,30,31,36)/t24-/m1/s1. The number of likely N-dealkylation sites (tertiary alicyclic amines) is 2. The van der Waals surface area contributed by atoms with Gasteiger partial charge in [0.25, 0.3) is 5.91 Å². The maximum absolute atomic E-state index is 13.3. The predicted octanol–water partition coefficient (Wildman–Crippen LogP) is 3.11. The van der Waals surface area contributed by atoms with Gasteiger partial charge in [-0.05, 0) is 55.5 Å². The molecule has 5 rings (SSSR count). The van der Waals surface area contributed by atoms with Crippen LogP contribution in [-0.2, 0) is 20.9 Å². The molecule has 0 bridgehead atoms. The number of piperidine rings is 1. The minimum atomic E-state index is -0.529. The zero-order valence-electron chi connectivity index (χ0n) is 21.7. The molecule has 9 nitrogen and oxygen atoms in total. The molecule has 3 saturated heterocycles. The van der Waals surface area contributed by atoms with Crippen molar-refractivity contribution in [1.82, 2.24) is 19.7 Å². The SMILES string of the molecule is Cc1cc(CN2CCC(N3C(=O)CC[C@@H]3C(=O)Nc3cc(C(=O)N4CCOCC4)ccn3)CC2)ccc1Cl. The Morgan fingerprint density at radius 2 is 1.84 bits per heavy atom. The summed E-state index contributed by atoms with van der Waals surface area (Å²) in [6, 6.07) is 8.88. The van der Waals surface area contributed by atoms with Crippen LogP contribution < -0.4 is 5.32 Å². The topological polar surface area (TPSA) is 95.1 Å². The van der Waals surface area contributed by atoms with Crippen LogP contribution in [0, 0.1) is 6.92 Å². The Morgan fingerprint density at radius 1 is 1.08 bits per heavy atom. The van der Waals surface area contributed by atoms with Crippen molar-refractivity contribution in [3.63, 3.8) is 0 Å². The van der Waals surface area contributed by atoms with Crippen molar-refractivity contribution < 1.29 is 19.1 Å². The molecule has 3 aliphatic rings. The number of amides is 3. The molecule has 3 amide bonds. The summed E-state index contributed by atoms with van der Waals surface area (Å²) in [6.07, 6.45) is 4.03. The summed E-state index contributed by atoms with van der Waals surface area (Å²) in [6.45, 7) is 6.69. The molecule has 0 unspecified atom stereocenters. The number of carbonyl (C=O) groups excluding carboxylic acids is 3.